The molecule has 3 aromatic carbocycles. The standard InChI is InChI=1S/C26H25BrN2O4/c1-4-32-19-9-5-16(6-10-19)21-15-22-20-14-18(27)8-12-23(20)33-26(29(22)28-21)17-7-11-24(30-2)25(13-17)31-3/h5-14,22,26H,4,15H2,1-3H3/t22-,26+/m0/s1. The van der Waals surface area contributed by atoms with E-state index < -0.39 is 0 Å². The predicted molar refractivity (Wildman–Crippen MR) is 130 cm³/mol. The van der Waals surface area contributed by atoms with E-state index >= 15 is 0 Å². The molecule has 0 saturated heterocycles. The molecule has 0 saturated carbocycles. The zero-order valence-electron chi connectivity index (χ0n) is 18.7. The van der Waals surface area contributed by atoms with Crippen LogP contribution in [-0.2, 0) is 0 Å². The van der Waals surface area contributed by atoms with E-state index in [1.807, 2.05) is 49.4 Å². The van der Waals surface area contributed by atoms with Crippen LogP contribution in [0.15, 0.2) is 70.2 Å². The van der Waals surface area contributed by atoms with Crippen LogP contribution in [0.5, 0.6) is 23.0 Å². The molecule has 3 aromatic rings. The first-order valence-electron chi connectivity index (χ1n) is 10.9. The van der Waals surface area contributed by atoms with Crippen molar-refractivity contribution in [2.24, 2.45) is 5.10 Å². The van der Waals surface area contributed by atoms with Gasteiger partial charge in [0.25, 0.3) is 0 Å². The van der Waals surface area contributed by atoms with Crippen LogP contribution in [0.2, 0.25) is 0 Å². The molecule has 6 nitrogen and oxygen atoms in total. The Morgan fingerprint density at radius 1 is 1.00 bits per heavy atom. The van der Waals surface area contributed by atoms with Crippen molar-refractivity contribution >= 4 is 21.6 Å². The lowest BCUT2D eigenvalue weighted by atomic mass is 9.96. The van der Waals surface area contributed by atoms with Crippen LogP contribution in [0.1, 0.15) is 42.3 Å². The van der Waals surface area contributed by atoms with Gasteiger partial charge in [-0.05, 0) is 73.2 Å². The Kier molecular flexibility index (Phi) is 5.89. The highest BCUT2D eigenvalue weighted by atomic mass is 79.9. The Bertz CT molecular complexity index is 1200. The summed E-state index contributed by atoms with van der Waals surface area (Å²) in [4.78, 5) is 0. The first-order valence-corrected chi connectivity index (χ1v) is 11.7. The number of hydrogen-bond donors (Lipinski definition) is 0. The van der Waals surface area contributed by atoms with Gasteiger partial charge in [0.1, 0.15) is 11.5 Å². The fourth-order valence-corrected chi connectivity index (χ4v) is 4.75. The Morgan fingerprint density at radius 3 is 2.52 bits per heavy atom. The van der Waals surface area contributed by atoms with Crippen LogP contribution >= 0.6 is 15.9 Å². The first kappa shape index (κ1) is 21.6. The quantitative estimate of drug-likeness (QED) is 0.402. The number of hydrazone groups is 1. The summed E-state index contributed by atoms with van der Waals surface area (Å²) in [5.41, 5.74) is 4.16. The minimum atomic E-state index is -0.385. The lowest BCUT2D eigenvalue weighted by Gasteiger charge is -2.38. The van der Waals surface area contributed by atoms with Gasteiger partial charge in [0, 0.05) is 22.0 Å². The SMILES string of the molecule is CCOc1ccc(C2=NN3[C@@H](c4ccc(OC)c(OC)c4)Oc4ccc(Br)cc4[C@@H]3C2)cc1. The van der Waals surface area contributed by atoms with Crippen LogP contribution in [0, 0.1) is 0 Å². The first-order chi connectivity index (χ1) is 16.1. The summed E-state index contributed by atoms with van der Waals surface area (Å²) in [5, 5.41) is 7.09. The van der Waals surface area contributed by atoms with Crippen LogP contribution < -0.4 is 18.9 Å². The van der Waals surface area contributed by atoms with Gasteiger partial charge in [0.2, 0.25) is 6.23 Å². The van der Waals surface area contributed by atoms with Crippen LogP contribution in [0.25, 0.3) is 0 Å². The van der Waals surface area contributed by atoms with Crippen LogP contribution in [-0.4, -0.2) is 31.5 Å². The topological polar surface area (TPSA) is 52.5 Å². The van der Waals surface area contributed by atoms with Gasteiger partial charge in [0.15, 0.2) is 11.5 Å². The maximum absolute atomic E-state index is 6.48. The predicted octanol–water partition coefficient (Wildman–Crippen LogP) is 6.11. The highest BCUT2D eigenvalue weighted by molar-refractivity contribution is 9.10. The molecule has 0 unspecified atom stereocenters. The normalized spacial score (nSPS) is 18.7. The summed E-state index contributed by atoms with van der Waals surface area (Å²) < 4.78 is 24.0. The summed E-state index contributed by atoms with van der Waals surface area (Å²) in [6.45, 7) is 2.63. The molecule has 7 heteroatoms. The summed E-state index contributed by atoms with van der Waals surface area (Å²) in [5.74, 6) is 3.06. The van der Waals surface area contributed by atoms with E-state index in [4.69, 9.17) is 24.0 Å². The van der Waals surface area contributed by atoms with Gasteiger partial charge >= 0.3 is 0 Å². The van der Waals surface area contributed by atoms with Gasteiger partial charge < -0.3 is 18.9 Å². The number of rotatable bonds is 6. The highest BCUT2D eigenvalue weighted by Gasteiger charge is 2.41. The zero-order chi connectivity index (χ0) is 22.9. The summed E-state index contributed by atoms with van der Waals surface area (Å²) >= 11 is 3.61. The third kappa shape index (κ3) is 4.02. The average Bonchev–Trinajstić information content (AvgIpc) is 3.30. The van der Waals surface area contributed by atoms with Gasteiger partial charge in [-0.1, -0.05) is 15.9 Å². The van der Waals surface area contributed by atoms with E-state index in [1.165, 1.54) is 0 Å². The molecule has 170 valence electrons. The second-order valence-electron chi connectivity index (χ2n) is 7.87. The molecule has 0 bridgehead atoms. The lowest BCUT2D eigenvalue weighted by molar-refractivity contribution is -0.0192. The van der Waals surface area contributed by atoms with Gasteiger partial charge in [-0.3, -0.25) is 0 Å². The third-order valence-corrected chi connectivity index (χ3v) is 6.44. The molecule has 0 spiro atoms. The molecule has 0 aliphatic carbocycles. The maximum atomic E-state index is 6.48. The van der Waals surface area contributed by atoms with Crippen LogP contribution in [0.4, 0.5) is 0 Å². The number of benzene rings is 3. The molecule has 0 N–H and O–H groups in total. The Morgan fingerprint density at radius 2 is 1.79 bits per heavy atom. The molecule has 0 fully saturated rings. The highest BCUT2D eigenvalue weighted by Crippen LogP contribution is 2.49. The van der Waals surface area contributed by atoms with E-state index in [-0.39, 0.29) is 12.3 Å². The molecular formula is C26H25BrN2O4. The molecule has 2 aliphatic rings. The van der Waals surface area contributed by atoms with Gasteiger partial charge in [-0.15, -0.1) is 0 Å². The summed E-state index contributed by atoms with van der Waals surface area (Å²) in [6, 6.07) is 20.2. The Balaban J connectivity index is 1.55. The molecule has 5 rings (SSSR count). The minimum Gasteiger partial charge on any atom is -0.494 e. The van der Waals surface area contributed by atoms with Crippen molar-refractivity contribution in [3.8, 4) is 23.0 Å². The smallest absolute Gasteiger partial charge is 0.214 e. The number of halogens is 1. The Hall–Kier alpha value is -3.19. The summed E-state index contributed by atoms with van der Waals surface area (Å²) in [7, 11) is 3.27. The number of ether oxygens (including phenoxy) is 4. The number of methoxy groups -OCH3 is 2. The second kappa shape index (κ2) is 8.98. The van der Waals surface area contributed by atoms with Crippen molar-refractivity contribution in [3.05, 3.63) is 81.8 Å². The van der Waals surface area contributed by atoms with E-state index in [1.54, 1.807) is 14.2 Å². The molecule has 2 heterocycles. The molecule has 0 amide bonds. The Labute approximate surface area is 201 Å². The fraction of sp³-hybridized carbons (Fsp3) is 0.269. The second-order valence-corrected chi connectivity index (χ2v) is 8.79. The number of hydrogen-bond acceptors (Lipinski definition) is 6. The molecule has 2 atom stereocenters. The number of nitrogens with zero attached hydrogens (tertiary/aromatic N) is 2. The van der Waals surface area contributed by atoms with Crippen molar-refractivity contribution in [2.75, 3.05) is 20.8 Å². The molecule has 0 aromatic heterocycles. The minimum absolute atomic E-state index is 0.0610. The molecule has 2 aliphatic heterocycles. The average molecular weight is 509 g/mol. The molecule has 0 radical (unpaired) electrons. The van der Waals surface area contributed by atoms with Gasteiger partial charge in [-0.2, -0.15) is 5.10 Å². The fourth-order valence-electron chi connectivity index (χ4n) is 4.37. The van der Waals surface area contributed by atoms with E-state index in [0.29, 0.717) is 18.1 Å². The van der Waals surface area contributed by atoms with E-state index in [2.05, 4.69) is 39.1 Å². The van der Waals surface area contributed by atoms with E-state index in [0.717, 1.165) is 44.8 Å². The largest absolute Gasteiger partial charge is 0.494 e. The van der Waals surface area contributed by atoms with Crippen molar-refractivity contribution in [1.29, 1.82) is 0 Å². The monoisotopic (exact) mass is 508 g/mol. The zero-order valence-corrected chi connectivity index (χ0v) is 20.3. The summed E-state index contributed by atoms with van der Waals surface area (Å²) in [6.07, 6.45) is 0.397. The van der Waals surface area contributed by atoms with E-state index in [9.17, 15) is 0 Å². The number of fused-ring (bicyclic) bond motifs is 3. The van der Waals surface area contributed by atoms with Crippen LogP contribution in [0.3, 0.4) is 0 Å². The van der Waals surface area contributed by atoms with Gasteiger partial charge in [0.05, 0.1) is 32.6 Å². The van der Waals surface area contributed by atoms with Crippen molar-refractivity contribution in [1.82, 2.24) is 5.01 Å². The molecule has 33 heavy (non-hydrogen) atoms. The maximum Gasteiger partial charge on any atom is 0.214 e. The van der Waals surface area contributed by atoms with Crippen molar-refractivity contribution in [2.45, 2.75) is 25.6 Å². The lowest BCUT2D eigenvalue weighted by Crippen LogP contribution is -2.33. The van der Waals surface area contributed by atoms with Crippen molar-refractivity contribution < 1.29 is 18.9 Å². The van der Waals surface area contributed by atoms with Crippen molar-refractivity contribution in [3.63, 3.8) is 0 Å². The third-order valence-electron chi connectivity index (χ3n) is 5.94. The van der Waals surface area contributed by atoms with Gasteiger partial charge in [-0.25, -0.2) is 5.01 Å². The molecular weight excluding hydrogens is 484 g/mol.